The Balaban J connectivity index is 1.75. The minimum atomic E-state index is 0.758. The Hall–Kier alpha value is 0.140. The first-order valence-electron chi connectivity index (χ1n) is 5.74. The average Bonchev–Trinajstić information content (AvgIpc) is 2.83. The minimum absolute atomic E-state index is 0.758. The molecule has 1 fully saturated rings. The zero-order valence-corrected chi connectivity index (χ0v) is 11.5. The molecule has 1 N–H and O–H groups in total. The van der Waals surface area contributed by atoms with Crippen LogP contribution in [0.15, 0.2) is 15.2 Å². The number of thiophene rings is 1. The standard InChI is InChI=1S/C12H18BrNS/c1-2-9-3-4-11(5-9)14-7-10-6-12(13)15-8-10/h6,8-9,11,14H,2-5,7H2,1H3. The van der Waals surface area contributed by atoms with Crippen molar-refractivity contribution in [1.82, 2.24) is 5.32 Å². The Morgan fingerprint density at radius 1 is 1.53 bits per heavy atom. The lowest BCUT2D eigenvalue weighted by Crippen LogP contribution is -2.25. The van der Waals surface area contributed by atoms with Crippen LogP contribution in [0, 0.1) is 5.92 Å². The zero-order valence-electron chi connectivity index (χ0n) is 9.13. The van der Waals surface area contributed by atoms with Gasteiger partial charge in [-0.15, -0.1) is 11.3 Å². The van der Waals surface area contributed by atoms with Crippen molar-refractivity contribution in [3.05, 3.63) is 20.8 Å². The number of halogens is 1. The maximum atomic E-state index is 3.66. The van der Waals surface area contributed by atoms with Crippen molar-refractivity contribution in [2.24, 2.45) is 5.92 Å². The van der Waals surface area contributed by atoms with Gasteiger partial charge in [0.15, 0.2) is 0 Å². The van der Waals surface area contributed by atoms with Crippen molar-refractivity contribution in [2.45, 2.75) is 45.2 Å². The quantitative estimate of drug-likeness (QED) is 0.876. The van der Waals surface area contributed by atoms with E-state index in [0.717, 1.165) is 18.5 Å². The molecule has 0 saturated heterocycles. The van der Waals surface area contributed by atoms with Crippen LogP contribution in [0.3, 0.4) is 0 Å². The van der Waals surface area contributed by atoms with Crippen molar-refractivity contribution in [3.8, 4) is 0 Å². The Bertz CT molecular complexity index is 310. The molecule has 0 aliphatic heterocycles. The molecule has 0 aromatic carbocycles. The molecule has 1 aromatic rings. The largest absolute Gasteiger partial charge is 0.310 e. The second-order valence-corrected chi connectivity index (χ2v) is 6.71. The average molecular weight is 288 g/mol. The Morgan fingerprint density at radius 2 is 2.40 bits per heavy atom. The maximum Gasteiger partial charge on any atom is 0.0701 e. The summed E-state index contributed by atoms with van der Waals surface area (Å²) in [6, 6.07) is 2.97. The third-order valence-corrected chi connectivity index (χ3v) is 4.89. The summed E-state index contributed by atoms with van der Waals surface area (Å²) < 4.78 is 1.23. The van der Waals surface area contributed by atoms with Gasteiger partial charge in [0.05, 0.1) is 3.79 Å². The predicted molar refractivity (Wildman–Crippen MR) is 70.3 cm³/mol. The molecule has 2 unspecified atom stereocenters. The molecule has 1 aliphatic rings. The zero-order chi connectivity index (χ0) is 10.7. The van der Waals surface area contributed by atoms with Crippen molar-refractivity contribution >= 4 is 27.3 Å². The van der Waals surface area contributed by atoms with E-state index in [4.69, 9.17) is 0 Å². The number of hydrogen-bond donors (Lipinski definition) is 1. The van der Waals surface area contributed by atoms with Crippen LogP contribution in [-0.4, -0.2) is 6.04 Å². The van der Waals surface area contributed by atoms with Crippen LogP contribution in [0.25, 0.3) is 0 Å². The molecular weight excluding hydrogens is 270 g/mol. The van der Waals surface area contributed by atoms with Crippen molar-refractivity contribution < 1.29 is 0 Å². The molecule has 3 heteroatoms. The van der Waals surface area contributed by atoms with E-state index in [9.17, 15) is 0 Å². The molecular formula is C12H18BrNS. The summed E-state index contributed by atoms with van der Waals surface area (Å²) >= 11 is 5.27. The molecule has 1 saturated carbocycles. The van der Waals surface area contributed by atoms with Gasteiger partial charge in [0.25, 0.3) is 0 Å². The fourth-order valence-electron chi connectivity index (χ4n) is 2.33. The first-order chi connectivity index (χ1) is 7.28. The van der Waals surface area contributed by atoms with Gasteiger partial charge in [-0.05, 0) is 58.1 Å². The van der Waals surface area contributed by atoms with Gasteiger partial charge in [-0.2, -0.15) is 0 Å². The van der Waals surface area contributed by atoms with E-state index in [1.165, 1.54) is 35.0 Å². The van der Waals surface area contributed by atoms with Gasteiger partial charge < -0.3 is 5.32 Å². The molecule has 0 amide bonds. The summed E-state index contributed by atoms with van der Waals surface area (Å²) in [4.78, 5) is 0. The lowest BCUT2D eigenvalue weighted by molar-refractivity contribution is 0.477. The molecule has 1 aliphatic carbocycles. The van der Waals surface area contributed by atoms with E-state index < -0.39 is 0 Å². The maximum absolute atomic E-state index is 3.66. The molecule has 0 spiro atoms. The van der Waals surface area contributed by atoms with Gasteiger partial charge in [-0.3, -0.25) is 0 Å². The third-order valence-electron chi connectivity index (χ3n) is 3.34. The van der Waals surface area contributed by atoms with Gasteiger partial charge in [0, 0.05) is 12.6 Å². The third kappa shape index (κ3) is 3.30. The van der Waals surface area contributed by atoms with Crippen LogP contribution < -0.4 is 5.32 Å². The number of nitrogens with one attached hydrogen (secondary N) is 1. The van der Waals surface area contributed by atoms with E-state index in [-0.39, 0.29) is 0 Å². The molecule has 1 heterocycles. The molecule has 84 valence electrons. The van der Waals surface area contributed by atoms with Gasteiger partial charge >= 0.3 is 0 Å². The topological polar surface area (TPSA) is 12.0 Å². The second kappa shape index (κ2) is 5.46. The van der Waals surface area contributed by atoms with E-state index >= 15 is 0 Å². The SMILES string of the molecule is CCC1CCC(NCc2csc(Br)c2)C1. The van der Waals surface area contributed by atoms with Crippen LogP contribution in [0.2, 0.25) is 0 Å². The van der Waals surface area contributed by atoms with Gasteiger partial charge in [0.2, 0.25) is 0 Å². The molecule has 1 aromatic heterocycles. The fraction of sp³-hybridized carbons (Fsp3) is 0.667. The molecule has 2 rings (SSSR count). The monoisotopic (exact) mass is 287 g/mol. The minimum Gasteiger partial charge on any atom is -0.310 e. The van der Waals surface area contributed by atoms with E-state index in [1.807, 2.05) is 0 Å². The van der Waals surface area contributed by atoms with Gasteiger partial charge in [-0.25, -0.2) is 0 Å². The highest BCUT2D eigenvalue weighted by Gasteiger charge is 2.22. The van der Waals surface area contributed by atoms with E-state index in [0.29, 0.717) is 0 Å². The molecule has 0 radical (unpaired) electrons. The van der Waals surface area contributed by atoms with Crippen LogP contribution in [0.5, 0.6) is 0 Å². The van der Waals surface area contributed by atoms with Gasteiger partial charge in [-0.1, -0.05) is 13.3 Å². The first-order valence-corrected chi connectivity index (χ1v) is 7.41. The number of hydrogen-bond acceptors (Lipinski definition) is 2. The highest BCUT2D eigenvalue weighted by molar-refractivity contribution is 9.11. The predicted octanol–water partition coefficient (Wildman–Crippen LogP) is 4.18. The summed E-state index contributed by atoms with van der Waals surface area (Å²) in [6.45, 7) is 3.34. The highest BCUT2D eigenvalue weighted by atomic mass is 79.9. The van der Waals surface area contributed by atoms with Crippen molar-refractivity contribution in [3.63, 3.8) is 0 Å². The van der Waals surface area contributed by atoms with Crippen LogP contribution in [0.1, 0.15) is 38.2 Å². The smallest absolute Gasteiger partial charge is 0.0701 e. The molecule has 1 nitrogen and oxygen atoms in total. The summed E-state index contributed by atoms with van der Waals surface area (Å²) in [5.74, 6) is 0.969. The van der Waals surface area contributed by atoms with E-state index in [1.54, 1.807) is 11.3 Å². The Morgan fingerprint density at radius 3 is 3.00 bits per heavy atom. The highest BCUT2D eigenvalue weighted by Crippen LogP contribution is 2.28. The molecule has 15 heavy (non-hydrogen) atoms. The van der Waals surface area contributed by atoms with Crippen molar-refractivity contribution in [1.29, 1.82) is 0 Å². The Labute approximate surface area is 104 Å². The summed E-state index contributed by atoms with van der Waals surface area (Å²) in [7, 11) is 0. The van der Waals surface area contributed by atoms with Gasteiger partial charge in [0.1, 0.15) is 0 Å². The fourth-order valence-corrected chi connectivity index (χ4v) is 3.54. The lowest BCUT2D eigenvalue weighted by Gasteiger charge is -2.11. The molecule has 2 atom stereocenters. The summed E-state index contributed by atoms with van der Waals surface area (Å²) in [5.41, 5.74) is 1.41. The van der Waals surface area contributed by atoms with E-state index in [2.05, 4.69) is 39.6 Å². The second-order valence-electron chi connectivity index (χ2n) is 4.42. The Kier molecular flexibility index (Phi) is 4.23. The van der Waals surface area contributed by atoms with Crippen LogP contribution in [0.4, 0.5) is 0 Å². The van der Waals surface area contributed by atoms with Crippen LogP contribution in [-0.2, 0) is 6.54 Å². The summed E-state index contributed by atoms with van der Waals surface area (Å²) in [5, 5.41) is 5.89. The number of rotatable bonds is 4. The van der Waals surface area contributed by atoms with Crippen molar-refractivity contribution in [2.75, 3.05) is 0 Å². The van der Waals surface area contributed by atoms with Crippen LogP contribution >= 0.6 is 27.3 Å². The molecule has 0 bridgehead atoms. The summed E-state index contributed by atoms with van der Waals surface area (Å²) in [6.07, 6.45) is 5.51. The normalized spacial score (nSPS) is 26.0. The first kappa shape index (κ1) is 11.6. The lowest BCUT2D eigenvalue weighted by atomic mass is 10.1.